The maximum absolute atomic E-state index is 14.0. The summed E-state index contributed by atoms with van der Waals surface area (Å²) in [5, 5.41) is 10.9. The van der Waals surface area contributed by atoms with Crippen LogP contribution in [0.1, 0.15) is 25.3 Å². The molecule has 0 aliphatic carbocycles. The SMILES string of the molecule is CCCCOc1ccc(C(F)(F)C(NC)C(=O)O)cc1. The zero-order valence-electron chi connectivity index (χ0n) is 11.5. The van der Waals surface area contributed by atoms with E-state index >= 15 is 0 Å². The molecule has 112 valence electrons. The molecule has 0 fully saturated rings. The van der Waals surface area contributed by atoms with Gasteiger partial charge < -0.3 is 15.2 Å². The van der Waals surface area contributed by atoms with Gasteiger partial charge in [0, 0.05) is 5.56 Å². The number of ether oxygens (including phenoxy) is 1. The first-order valence-corrected chi connectivity index (χ1v) is 6.44. The normalized spacial score (nSPS) is 13.0. The lowest BCUT2D eigenvalue weighted by atomic mass is 10.0. The van der Waals surface area contributed by atoms with Crippen molar-refractivity contribution in [3.05, 3.63) is 29.8 Å². The number of hydrogen-bond donors (Lipinski definition) is 2. The summed E-state index contributed by atoms with van der Waals surface area (Å²) in [7, 11) is 1.19. The van der Waals surface area contributed by atoms with Gasteiger partial charge in [-0.3, -0.25) is 4.79 Å². The number of carbonyl (C=O) groups is 1. The van der Waals surface area contributed by atoms with Crippen LogP contribution in [-0.4, -0.2) is 30.8 Å². The Bertz CT molecular complexity index is 435. The van der Waals surface area contributed by atoms with Gasteiger partial charge in [0.2, 0.25) is 0 Å². The summed E-state index contributed by atoms with van der Waals surface area (Å²) in [4.78, 5) is 10.8. The first-order valence-electron chi connectivity index (χ1n) is 6.44. The number of likely N-dealkylation sites (N-methyl/N-ethyl adjacent to an activating group) is 1. The highest BCUT2D eigenvalue weighted by Gasteiger charge is 2.45. The minimum atomic E-state index is -3.50. The standard InChI is InChI=1S/C14H19F2NO3/c1-3-4-9-20-11-7-5-10(6-8-11)14(15,16)12(17-2)13(18)19/h5-8,12,17H,3-4,9H2,1-2H3,(H,18,19). The largest absolute Gasteiger partial charge is 0.494 e. The van der Waals surface area contributed by atoms with Gasteiger partial charge in [-0.15, -0.1) is 0 Å². The molecule has 0 spiro atoms. The van der Waals surface area contributed by atoms with Crippen molar-refractivity contribution in [2.24, 2.45) is 0 Å². The molecule has 0 amide bonds. The first kappa shape index (κ1) is 16.4. The average Bonchev–Trinajstić information content (AvgIpc) is 2.39. The van der Waals surface area contributed by atoms with Crippen molar-refractivity contribution < 1.29 is 23.4 Å². The van der Waals surface area contributed by atoms with Gasteiger partial charge in [-0.25, -0.2) is 0 Å². The highest BCUT2D eigenvalue weighted by atomic mass is 19.3. The summed E-state index contributed by atoms with van der Waals surface area (Å²) in [5.41, 5.74) is -0.359. The van der Waals surface area contributed by atoms with Crippen LogP contribution in [0.15, 0.2) is 24.3 Å². The lowest BCUT2D eigenvalue weighted by molar-refractivity contribution is -0.151. The van der Waals surface area contributed by atoms with Crippen LogP contribution in [0.3, 0.4) is 0 Å². The Morgan fingerprint density at radius 1 is 1.40 bits per heavy atom. The number of unbranched alkanes of at least 4 members (excludes halogenated alkanes) is 1. The number of aliphatic carboxylic acids is 1. The molecule has 0 bridgehead atoms. The Morgan fingerprint density at radius 2 is 2.00 bits per heavy atom. The number of carboxylic acid groups (broad SMARTS) is 1. The first-order chi connectivity index (χ1) is 9.43. The molecule has 2 N–H and O–H groups in total. The maximum atomic E-state index is 14.0. The van der Waals surface area contributed by atoms with Crippen LogP contribution in [0.2, 0.25) is 0 Å². The van der Waals surface area contributed by atoms with Gasteiger partial charge in [0.15, 0.2) is 6.04 Å². The third kappa shape index (κ3) is 3.90. The summed E-state index contributed by atoms with van der Waals surface area (Å²) in [6, 6.07) is 3.26. The molecule has 1 aromatic rings. The number of halogens is 2. The number of nitrogens with one attached hydrogen (secondary N) is 1. The Kier molecular flexibility index (Phi) is 5.88. The highest BCUT2D eigenvalue weighted by Crippen LogP contribution is 2.32. The van der Waals surface area contributed by atoms with Crippen molar-refractivity contribution >= 4 is 5.97 Å². The molecule has 6 heteroatoms. The Morgan fingerprint density at radius 3 is 2.45 bits per heavy atom. The number of carboxylic acids is 1. The lowest BCUT2D eigenvalue weighted by Crippen LogP contribution is -2.47. The van der Waals surface area contributed by atoms with Crippen LogP contribution in [0.25, 0.3) is 0 Å². The summed E-state index contributed by atoms with van der Waals surface area (Å²) < 4.78 is 33.4. The third-order valence-corrected chi connectivity index (χ3v) is 2.90. The van der Waals surface area contributed by atoms with E-state index in [1.54, 1.807) is 0 Å². The second-order valence-electron chi connectivity index (χ2n) is 4.41. The van der Waals surface area contributed by atoms with E-state index in [4.69, 9.17) is 9.84 Å². The molecular formula is C14H19F2NO3. The third-order valence-electron chi connectivity index (χ3n) is 2.90. The molecule has 0 aliphatic heterocycles. The fourth-order valence-corrected chi connectivity index (χ4v) is 1.73. The predicted octanol–water partition coefficient (Wildman–Crippen LogP) is 2.63. The van der Waals surface area contributed by atoms with Crippen LogP contribution in [-0.2, 0) is 10.7 Å². The van der Waals surface area contributed by atoms with Crippen molar-refractivity contribution in [1.29, 1.82) is 0 Å². The molecule has 1 unspecified atom stereocenters. The summed E-state index contributed by atoms with van der Waals surface area (Å²) in [6.45, 7) is 2.55. The lowest BCUT2D eigenvalue weighted by Gasteiger charge is -2.23. The molecular weight excluding hydrogens is 268 g/mol. The van der Waals surface area contributed by atoms with E-state index in [9.17, 15) is 13.6 Å². The average molecular weight is 287 g/mol. The molecule has 0 saturated carbocycles. The highest BCUT2D eigenvalue weighted by molar-refractivity contribution is 5.75. The van der Waals surface area contributed by atoms with Gasteiger partial charge in [-0.2, -0.15) is 8.78 Å². The van der Waals surface area contributed by atoms with Crippen LogP contribution in [0, 0.1) is 0 Å². The number of alkyl halides is 2. The molecule has 1 atom stereocenters. The molecule has 0 aliphatic rings. The molecule has 4 nitrogen and oxygen atoms in total. The molecule has 20 heavy (non-hydrogen) atoms. The van der Waals surface area contributed by atoms with Gasteiger partial charge >= 0.3 is 5.97 Å². The van der Waals surface area contributed by atoms with Crippen molar-refractivity contribution in [3.63, 3.8) is 0 Å². The molecule has 0 radical (unpaired) electrons. The van der Waals surface area contributed by atoms with Gasteiger partial charge in [-0.1, -0.05) is 13.3 Å². The smallest absolute Gasteiger partial charge is 0.327 e. The van der Waals surface area contributed by atoms with Crippen molar-refractivity contribution in [2.45, 2.75) is 31.7 Å². The van der Waals surface area contributed by atoms with E-state index in [0.29, 0.717) is 12.4 Å². The topological polar surface area (TPSA) is 58.6 Å². The Hall–Kier alpha value is -1.69. The Labute approximate surface area is 116 Å². The number of hydrogen-bond acceptors (Lipinski definition) is 3. The Balaban J connectivity index is 2.83. The summed E-state index contributed by atoms with van der Waals surface area (Å²) >= 11 is 0. The fourth-order valence-electron chi connectivity index (χ4n) is 1.73. The van der Waals surface area contributed by atoms with Gasteiger partial charge in [0.05, 0.1) is 6.61 Å². The monoisotopic (exact) mass is 287 g/mol. The second-order valence-corrected chi connectivity index (χ2v) is 4.41. The quantitative estimate of drug-likeness (QED) is 0.722. The van der Waals surface area contributed by atoms with E-state index in [-0.39, 0.29) is 5.56 Å². The van der Waals surface area contributed by atoms with Crippen molar-refractivity contribution in [2.75, 3.05) is 13.7 Å². The molecule has 1 rings (SSSR count). The minimum Gasteiger partial charge on any atom is -0.494 e. The number of benzene rings is 1. The van der Waals surface area contributed by atoms with E-state index in [1.807, 2.05) is 6.92 Å². The maximum Gasteiger partial charge on any atom is 0.327 e. The fraction of sp³-hybridized carbons (Fsp3) is 0.500. The van der Waals surface area contributed by atoms with Crippen LogP contribution in [0.5, 0.6) is 5.75 Å². The van der Waals surface area contributed by atoms with E-state index in [0.717, 1.165) is 12.8 Å². The van der Waals surface area contributed by atoms with E-state index in [2.05, 4.69) is 5.32 Å². The number of rotatable bonds is 8. The predicted molar refractivity (Wildman–Crippen MR) is 71.2 cm³/mol. The van der Waals surface area contributed by atoms with Gasteiger partial charge in [-0.05, 0) is 37.7 Å². The van der Waals surface area contributed by atoms with Crippen LogP contribution >= 0.6 is 0 Å². The molecule has 0 heterocycles. The van der Waals surface area contributed by atoms with Gasteiger partial charge in [0.1, 0.15) is 5.75 Å². The molecule has 0 aromatic heterocycles. The zero-order chi connectivity index (χ0) is 15.2. The van der Waals surface area contributed by atoms with Gasteiger partial charge in [0.25, 0.3) is 5.92 Å². The zero-order valence-corrected chi connectivity index (χ0v) is 11.5. The second kappa shape index (κ2) is 7.19. The van der Waals surface area contributed by atoms with Crippen LogP contribution < -0.4 is 10.1 Å². The van der Waals surface area contributed by atoms with Crippen molar-refractivity contribution in [3.8, 4) is 5.75 Å². The molecule has 0 saturated heterocycles. The van der Waals surface area contributed by atoms with Crippen molar-refractivity contribution in [1.82, 2.24) is 5.32 Å². The van der Waals surface area contributed by atoms with E-state index < -0.39 is 17.9 Å². The van der Waals surface area contributed by atoms with Crippen LogP contribution in [0.4, 0.5) is 8.78 Å². The molecule has 1 aromatic carbocycles. The summed E-state index contributed by atoms with van der Waals surface area (Å²) in [5.74, 6) is -4.60. The minimum absolute atomic E-state index is 0.359. The van der Waals surface area contributed by atoms with E-state index in [1.165, 1.54) is 31.3 Å². The summed E-state index contributed by atoms with van der Waals surface area (Å²) in [6.07, 6.45) is 1.87.